The summed E-state index contributed by atoms with van der Waals surface area (Å²) in [6.07, 6.45) is 0. The van der Waals surface area contributed by atoms with Crippen molar-refractivity contribution < 1.29 is 13.5 Å². The number of hydrogen-bond acceptors (Lipinski definition) is 2. The third-order valence-electron chi connectivity index (χ3n) is 2.38. The minimum Gasteiger partial charge on any atom is -0.488 e. The van der Waals surface area contributed by atoms with Gasteiger partial charge in [-0.05, 0) is 52.3 Å². The minimum absolute atomic E-state index is 0.119. The van der Waals surface area contributed by atoms with Gasteiger partial charge in [0.25, 0.3) is 0 Å². The molecule has 0 saturated carbocycles. The van der Waals surface area contributed by atoms with E-state index in [1.807, 2.05) is 0 Å². The van der Waals surface area contributed by atoms with Crippen LogP contribution < -0.4 is 10.5 Å². The van der Waals surface area contributed by atoms with Gasteiger partial charge < -0.3 is 10.5 Å². The summed E-state index contributed by atoms with van der Waals surface area (Å²) in [4.78, 5) is 0. The molecule has 0 aliphatic carbocycles. The molecule has 18 heavy (non-hydrogen) atoms. The van der Waals surface area contributed by atoms with E-state index in [4.69, 9.17) is 10.5 Å². The molecule has 94 valence electrons. The van der Waals surface area contributed by atoms with Gasteiger partial charge in [-0.1, -0.05) is 0 Å². The van der Waals surface area contributed by atoms with Crippen LogP contribution in [0.4, 0.5) is 14.5 Å². The number of halogens is 3. The number of nitrogens with two attached hydrogens (primary N) is 1. The van der Waals surface area contributed by atoms with Crippen LogP contribution in [-0.2, 0) is 6.61 Å². The molecule has 0 radical (unpaired) electrons. The molecule has 0 aliphatic heterocycles. The minimum atomic E-state index is -0.374. The summed E-state index contributed by atoms with van der Waals surface area (Å²) in [5.74, 6) is -0.263. The van der Waals surface area contributed by atoms with Crippen LogP contribution in [-0.4, -0.2) is 0 Å². The van der Waals surface area contributed by atoms with E-state index >= 15 is 0 Å². The Balaban J connectivity index is 2.13. The van der Waals surface area contributed by atoms with Crippen LogP contribution in [0.3, 0.4) is 0 Å². The molecule has 0 heterocycles. The van der Waals surface area contributed by atoms with E-state index in [2.05, 4.69) is 15.9 Å². The second kappa shape index (κ2) is 5.35. The van der Waals surface area contributed by atoms with Gasteiger partial charge in [-0.25, -0.2) is 8.78 Å². The molecule has 0 atom stereocenters. The highest BCUT2D eigenvalue weighted by atomic mass is 79.9. The fourth-order valence-corrected chi connectivity index (χ4v) is 1.91. The van der Waals surface area contributed by atoms with Crippen LogP contribution in [0.5, 0.6) is 5.75 Å². The molecular weight excluding hydrogens is 304 g/mol. The summed E-state index contributed by atoms with van der Waals surface area (Å²) in [7, 11) is 0. The molecule has 0 spiro atoms. The molecule has 0 fully saturated rings. The van der Waals surface area contributed by atoms with Gasteiger partial charge in [-0.2, -0.15) is 0 Å². The molecular formula is C13H10BrF2NO. The highest BCUT2D eigenvalue weighted by Gasteiger charge is 2.06. The van der Waals surface area contributed by atoms with Crippen molar-refractivity contribution in [3.63, 3.8) is 0 Å². The first-order valence-corrected chi connectivity index (χ1v) is 5.97. The van der Waals surface area contributed by atoms with Gasteiger partial charge in [-0.3, -0.25) is 0 Å². The lowest BCUT2D eigenvalue weighted by Crippen LogP contribution is -2.01. The van der Waals surface area contributed by atoms with Crippen molar-refractivity contribution in [2.45, 2.75) is 6.61 Å². The summed E-state index contributed by atoms with van der Waals surface area (Å²) in [6, 6.07) is 8.15. The largest absolute Gasteiger partial charge is 0.488 e. The SMILES string of the molecule is Nc1ccc(F)cc1COc1ccc(F)cc1Br. The van der Waals surface area contributed by atoms with Gasteiger partial charge in [0.2, 0.25) is 0 Å². The summed E-state index contributed by atoms with van der Waals surface area (Å²) in [5.41, 5.74) is 6.70. The van der Waals surface area contributed by atoms with E-state index < -0.39 is 0 Å². The Labute approximate surface area is 112 Å². The zero-order valence-corrected chi connectivity index (χ0v) is 10.9. The fourth-order valence-electron chi connectivity index (χ4n) is 1.45. The molecule has 0 aromatic heterocycles. The number of nitrogen functional groups attached to an aromatic ring is 1. The van der Waals surface area contributed by atoms with Crippen molar-refractivity contribution in [1.29, 1.82) is 0 Å². The highest BCUT2D eigenvalue weighted by molar-refractivity contribution is 9.10. The van der Waals surface area contributed by atoms with Crippen molar-refractivity contribution in [3.05, 3.63) is 58.1 Å². The maximum Gasteiger partial charge on any atom is 0.134 e. The molecule has 0 amide bonds. The van der Waals surface area contributed by atoms with Gasteiger partial charge in [0.1, 0.15) is 24.0 Å². The van der Waals surface area contributed by atoms with Crippen LogP contribution in [0.25, 0.3) is 0 Å². The number of benzene rings is 2. The molecule has 2 rings (SSSR count). The van der Waals surface area contributed by atoms with Gasteiger partial charge in [0.05, 0.1) is 4.47 Å². The van der Waals surface area contributed by atoms with Gasteiger partial charge in [-0.15, -0.1) is 0 Å². The Bertz CT molecular complexity index is 575. The average molecular weight is 314 g/mol. The average Bonchev–Trinajstić information content (AvgIpc) is 2.32. The smallest absolute Gasteiger partial charge is 0.134 e. The third kappa shape index (κ3) is 2.98. The van der Waals surface area contributed by atoms with E-state index in [1.54, 1.807) is 0 Å². The lowest BCUT2D eigenvalue weighted by Gasteiger charge is -2.10. The molecule has 0 bridgehead atoms. The van der Waals surface area contributed by atoms with E-state index in [1.165, 1.54) is 36.4 Å². The van der Waals surface area contributed by atoms with Crippen LogP contribution in [0.2, 0.25) is 0 Å². The molecule has 2 nitrogen and oxygen atoms in total. The summed E-state index contributed by atoms with van der Waals surface area (Å²) < 4.78 is 31.9. The Kier molecular flexibility index (Phi) is 3.81. The third-order valence-corrected chi connectivity index (χ3v) is 3.00. The van der Waals surface area contributed by atoms with Crippen LogP contribution >= 0.6 is 15.9 Å². The first kappa shape index (κ1) is 12.8. The number of anilines is 1. The standard InChI is InChI=1S/C13H10BrF2NO/c14-11-6-10(16)2-4-13(11)18-7-8-5-9(15)1-3-12(8)17/h1-6H,7,17H2. The van der Waals surface area contributed by atoms with Crippen molar-refractivity contribution in [2.75, 3.05) is 5.73 Å². The predicted octanol–water partition coefficient (Wildman–Crippen LogP) is 3.89. The number of ether oxygens (including phenoxy) is 1. The molecule has 2 N–H and O–H groups in total. The molecule has 5 heteroatoms. The van der Waals surface area contributed by atoms with E-state index in [9.17, 15) is 8.78 Å². The predicted molar refractivity (Wildman–Crippen MR) is 69.2 cm³/mol. The quantitative estimate of drug-likeness (QED) is 0.873. The van der Waals surface area contributed by atoms with Crippen molar-refractivity contribution in [3.8, 4) is 5.75 Å². The molecule has 0 saturated heterocycles. The Hall–Kier alpha value is -1.62. The van der Waals surface area contributed by atoms with Crippen LogP contribution in [0.1, 0.15) is 5.56 Å². The zero-order chi connectivity index (χ0) is 13.1. The topological polar surface area (TPSA) is 35.2 Å². The first-order valence-electron chi connectivity index (χ1n) is 5.18. The van der Waals surface area contributed by atoms with Gasteiger partial charge in [0.15, 0.2) is 0 Å². The molecule has 2 aromatic rings. The number of rotatable bonds is 3. The zero-order valence-electron chi connectivity index (χ0n) is 9.29. The monoisotopic (exact) mass is 313 g/mol. The normalized spacial score (nSPS) is 10.4. The number of hydrogen-bond donors (Lipinski definition) is 1. The fraction of sp³-hybridized carbons (Fsp3) is 0.0769. The van der Waals surface area contributed by atoms with E-state index in [0.29, 0.717) is 21.5 Å². The Morgan fingerprint density at radius 2 is 1.72 bits per heavy atom. The van der Waals surface area contributed by atoms with Gasteiger partial charge in [0, 0.05) is 11.3 Å². The molecule has 2 aromatic carbocycles. The van der Waals surface area contributed by atoms with Crippen molar-refractivity contribution >= 4 is 21.6 Å². The lowest BCUT2D eigenvalue weighted by molar-refractivity contribution is 0.304. The maximum atomic E-state index is 13.0. The summed E-state index contributed by atoms with van der Waals surface area (Å²) >= 11 is 3.18. The van der Waals surface area contributed by atoms with E-state index in [0.717, 1.165) is 0 Å². The summed E-state index contributed by atoms with van der Waals surface area (Å²) in [5, 5.41) is 0. The second-order valence-corrected chi connectivity index (χ2v) is 4.56. The first-order chi connectivity index (χ1) is 8.56. The lowest BCUT2D eigenvalue weighted by atomic mass is 10.2. The van der Waals surface area contributed by atoms with E-state index in [-0.39, 0.29) is 18.2 Å². The maximum absolute atomic E-state index is 13.0. The molecule has 0 aliphatic rings. The summed E-state index contributed by atoms with van der Waals surface area (Å²) in [6.45, 7) is 0.119. The van der Waals surface area contributed by atoms with Crippen LogP contribution in [0, 0.1) is 11.6 Å². The van der Waals surface area contributed by atoms with Gasteiger partial charge >= 0.3 is 0 Å². The molecule has 0 unspecified atom stereocenters. The van der Waals surface area contributed by atoms with Crippen LogP contribution in [0.15, 0.2) is 40.9 Å². The Morgan fingerprint density at radius 3 is 2.44 bits per heavy atom. The van der Waals surface area contributed by atoms with Crippen molar-refractivity contribution in [2.24, 2.45) is 0 Å². The van der Waals surface area contributed by atoms with Crippen molar-refractivity contribution in [1.82, 2.24) is 0 Å². The highest BCUT2D eigenvalue weighted by Crippen LogP contribution is 2.27. The Morgan fingerprint density at radius 1 is 1.06 bits per heavy atom. The second-order valence-electron chi connectivity index (χ2n) is 3.71.